The van der Waals surface area contributed by atoms with Crippen molar-refractivity contribution in [2.24, 2.45) is 0 Å². The second kappa shape index (κ2) is 7.10. The fraction of sp³-hybridized carbons (Fsp3) is 0.235. The summed E-state index contributed by atoms with van der Waals surface area (Å²) in [6, 6.07) is 13.6. The summed E-state index contributed by atoms with van der Waals surface area (Å²) >= 11 is 9.48. The summed E-state index contributed by atoms with van der Waals surface area (Å²) in [5, 5.41) is 0.469. The van der Waals surface area contributed by atoms with E-state index in [2.05, 4.69) is 47.1 Å². The molecule has 0 aliphatic rings. The molecule has 2 aromatic rings. The third-order valence-corrected chi connectivity index (χ3v) is 4.18. The van der Waals surface area contributed by atoms with E-state index in [4.69, 9.17) is 11.6 Å². The van der Waals surface area contributed by atoms with Gasteiger partial charge in [0.1, 0.15) is 0 Å². The Morgan fingerprint density at radius 3 is 2.38 bits per heavy atom. The van der Waals surface area contributed by atoms with Crippen molar-refractivity contribution < 1.29 is 4.79 Å². The lowest BCUT2D eigenvalue weighted by atomic mass is 10.1. The number of amides is 1. The number of aryl methyl sites for hydroxylation is 1. The van der Waals surface area contributed by atoms with Crippen molar-refractivity contribution in [3.63, 3.8) is 0 Å². The second-order valence-corrected chi connectivity index (χ2v) is 6.28. The van der Waals surface area contributed by atoms with Crippen molar-refractivity contribution in [3.05, 3.63) is 68.7 Å². The van der Waals surface area contributed by atoms with Crippen molar-refractivity contribution in [2.75, 3.05) is 7.05 Å². The number of carbonyl (C=O) groups excluding carboxylic acids is 1. The monoisotopic (exact) mass is 365 g/mol. The Hall–Kier alpha value is -1.32. The van der Waals surface area contributed by atoms with E-state index in [0.717, 1.165) is 16.5 Å². The highest BCUT2D eigenvalue weighted by molar-refractivity contribution is 9.10. The van der Waals surface area contributed by atoms with E-state index in [1.165, 1.54) is 5.56 Å². The lowest BCUT2D eigenvalue weighted by molar-refractivity contribution is 0.0785. The summed E-state index contributed by atoms with van der Waals surface area (Å²) in [5.41, 5.74) is 2.91. The van der Waals surface area contributed by atoms with Crippen molar-refractivity contribution in [3.8, 4) is 0 Å². The molecule has 21 heavy (non-hydrogen) atoms. The zero-order valence-corrected chi connectivity index (χ0v) is 14.4. The van der Waals surface area contributed by atoms with E-state index in [0.29, 0.717) is 17.1 Å². The predicted molar refractivity (Wildman–Crippen MR) is 90.8 cm³/mol. The number of rotatable bonds is 4. The number of hydrogen-bond donors (Lipinski definition) is 0. The van der Waals surface area contributed by atoms with Gasteiger partial charge in [-0.05, 0) is 35.7 Å². The number of halogens is 2. The van der Waals surface area contributed by atoms with Crippen LogP contribution in [0.4, 0.5) is 0 Å². The molecule has 0 bridgehead atoms. The van der Waals surface area contributed by atoms with Crippen molar-refractivity contribution in [2.45, 2.75) is 19.9 Å². The summed E-state index contributed by atoms with van der Waals surface area (Å²) in [7, 11) is 1.79. The standard InChI is InChI=1S/C17H17BrClNO/c1-3-12-4-6-13(7-5-12)11-20(2)17(21)15-10-14(18)8-9-16(15)19/h4-10H,3,11H2,1-2H3. The van der Waals surface area contributed by atoms with Gasteiger partial charge in [-0.3, -0.25) is 4.79 Å². The molecule has 0 saturated carbocycles. The minimum atomic E-state index is -0.0825. The molecular weight excluding hydrogens is 350 g/mol. The highest BCUT2D eigenvalue weighted by atomic mass is 79.9. The molecule has 0 fully saturated rings. The summed E-state index contributed by atoms with van der Waals surface area (Å²) in [6.07, 6.45) is 1.02. The molecule has 0 aliphatic carbocycles. The molecule has 0 spiro atoms. The van der Waals surface area contributed by atoms with Crippen molar-refractivity contribution in [1.29, 1.82) is 0 Å². The second-order valence-electron chi connectivity index (χ2n) is 4.96. The number of nitrogens with zero attached hydrogens (tertiary/aromatic N) is 1. The molecule has 1 amide bonds. The van der Waals surface area contributed by atoms with Gasteiger partial charge in [-0.25, -0.2) is 0 Å². The maximum absolute atomic E-state index is 12.5. The van der Waals surface area contributed by atoms with Gasteiger partial charge in [-0.1, -0.05) is 58.7 Å². The molecule has 110 valence electrons. The zero-order valence-electron chi connectivity index (χ0n) is 12.1. The molecule has 0 saturated heterocycles. The first kappa shape index (κ1) is 16.1. The third-order valence-electron chi connectivity index (χ3n) is 3.36. The largest absolute Gasteiger partial charge is 0.337 e. The van der Waals surface area contributed by atoms with E-state index in [1.807, 2.05) is 6.07 Å². The van der Waals surface area contributed by atoms with Gasteiger partial charge in [-0.15, -0.1) is 0 Å². The van der Waals surface area contributed by atoms with Crippen LogP contribution in [0, 0.1) is 0 Å². The van der Waals surface area contributed by atoms with Gasteiger partial charge in [0, 0.05) is 18.1 Å². The lowest BCUT2D eigenvalue weighted by Gasteiger charge is -2.18. The Bertz CT molecular complexity index is 640. The summed E-state index contributed by atoms with van der Waals surface area (Å²) in [4.78, 5) is 14.1. The molecule has 0 unspecified atom stereocenters. The number of hydrogen-bond acceptors (Lipinski definition) is 1. The van der Waals surface area contributed by atoms with E-state index >= 15 is 0 Å². The van der Waals surface area contributed by atoms with E-state index in [-0.39, 0.29) is 5.91 Å². The van der Waals surface area contributed by atoms with Gasteiger partial charge in [0.15, 0.2) is 0 Å². The fourth-order valence-corrected chi connectivity index (χ4v) is 2.65. The van der Waals surface area contributed by atoms with Gasteiger partial charge in [0.2, 0.25) is 0 Å². The fourth-order valence-electron chi connectivity index (χ4n) is 2.09. The highest BCUT2D eigenvalue weighted by Crippen LogP contribution is 2.22. The summed E-state index contributed by atoms with van der Waals surface area (Å²) in [5.74, 6) is -0.0825. The maximum Gasteiger partial charge on any atom is 0.255 e. The highest BCUT2D eigenvalue weighted by Gasteiger charge is 2.15. The Labute approximate surface area is 138 Å². The van der Waals surface area contributed by atoms with Crippen molar-refractivity contribution >= 4 is 33.4 Å². The first-order valence-electron chi connectivity index (χ1n) is 6.79. The molecule has 4 heteroatoms. The molecule has 0 aliphatic heterocycles. The SMILES string of the molecule is CCc1ccc(CN(C)C(=O)c2cc(Br)ccc2Cl)cc1. The van der Waals surface area contributed by atoms with Crippen LogP contribution in [0.15, 0.2) is 46.9 Å². The van der Waals surface area contributed by atoms with Crippen LogP contribution in [0.1, 0.15) is 28.4 Å². The van der Waals surface area contributed by atoms with Crippen molar-refractivity contribution in [1.82, 2.24) is 4.90 Å². The smallest absolute Gasteiger partial charge is 0.255 e. The van der Waals surface area contributed by atoms with Crippen LogP contribution in [0.3, 0.4) is 0 Å². The summed E-state index contributed by atoms with van der Waals surface area (Å²) in [6.45, 7) is 2.69. The van der Waals surface area contributed by atoms with Crippen LogP contribution in [0.25, 0.3) is 0 Å². The van der Waals surface area contributed by atoms with Crippen LogP contribution in [0.5, 0.6) is 0 Å². The van der Waals surface area contributed by atoms with E-state index in [9.17, 15) is 4.79 Å². The molecule has 0 aromatic heterocycles. The first-order valence-corrected chi connectivity index (χ1v) is 7.96. The van der Waals surface area contributed by atoms with Crippen LogP contribution in [0.2, 0.25) is 5.02 Å². The molecule has 0 N–H and O–H groups in total. The Morgan fingerprint density at radius 2 is 1.76 bits per heavy atom. The molecule has 2 rings (SSSR count). The quantitative estimate of drug-likeness (QED) is 0.750. The molecular formula is C17H17BrClNO. The van der Waals surface area contributed by atoms with Crippen LogP contribution < -0.4 is 0 Å². The predicted octanol–water partition coefficient (Wildman–Crippen LogP) is 4.94. The average molecular weight is 367 g/mol. The van der Waals surface area contributed by atoms with Gasteiger partial charge in [0.05, 0.1) is 10.6 Å². The zero-order chi connectivity index (χ0) is 15.4. The first-order chi connectivity index (χ1) is 10.0. The van der Waals surface area contributed by atoms with Gasteiger partial charge < -0.3 is 4.90 Å². The van der Waals surface area contributed by atoms with Crippen LogP contribution in [-0.4, -0.2) is 17.9 Å². The Kier molecular flexibility index (Phi) is 5.43. The van der Waals surface area contributed by atoms with E-state index in [1.54, 1.807) is 24.1 Å². The minimum Gasteiger partial charge on any atom is -0.337 e. The topological polar surface area (TPSA) is 20.3 Å². The average Bonchev–Trinajstić information content (AvgIpc) is 2.49. The van der Waals surface area contributed by atoms with Gasteiger partial charge >= 0.3 is 0 Å². The Morgan fingerprint density at radius 1 is 1.14 bits per heavy atom. The minimum absolute atomic E-state index is 0.0825. The van der Waals surface area contributed by atoms with E-state index < -0.39 is 0 Å². The van der Waals surface area contributed by atoms with Gasteiger partial charge in [-0.2, -0.15) is 0 Å². The molecule has 2 nitrogen and oxygen atoms in total. The number of carbonyl (C=O) groups is 1. The summed E-state index contributed by atoms with van der Waals surface area (Å²) < 4.78 is 0.843. The molecule has 0 radical (unpaired) electrons. The lowest BCUT2D eigenvalue weighted by Crippen LogP contribution is -2.26. The van der Waals surface area contributed by atoms with Crippen LogP contribution >= 0.6 is 27.5 Å². The normalized spacial score (nSPS) is 10.5. The van der Waals surface area contributed by atoms with Gasteiger partial charge in [0.25, 0.3) is 5.91 Å². The third kappa shape index (κ3) is 4.08. The molecule has 0 atom stereocenters. The number of benzene rings is 2. The molecule has 2 aromatic carbocycles. The Balaban J connectivity index is 2.13. The maximum atomic E-state index is 12.5. The van der Waals surface area contributed by atoms with Crippen LogP contribution in [-0.2, 0) is 13.0 Å². The molecule has 0 heterocycles.